The minimum Gasteiger partial charge on any atom is -0.339 e. The molecule has 0 saturated carbocycles. The zero-order valence-corrected chi connectivity index (χ0v) is 15.1. The second-order valence-corrected chi connectivity index (χ2v) is 7.72. The lowest BCUT2D eigenvalue weighted by Crippen LogP contribution is -2.58. The van der Waals surface area contributed by atoms with Gasteiger partial charge in [0.15, 0.2) is 0 Å². The Morgan fingerprint density at radius 3 is 2.46 bits per heavy atom. The fourth-order valence-corrected chi connectivity index (χ4v) is 4.06. The van der Waals surface area contributed by atoms with Gasteiger partial charge in [-0.3, -0.25) is 19.8 Å². The number of carbonyl (C=O) groups is 3. The van der Waals surface area contributed by atoms with Crippen LogP contribution in [-0.4, -0.2) is 55.5 Å². The predicted molar refractivity (Wildman–Crippen MR) is 97.4 cm³/mol. The molecular weight excluding hydrogens is 356 g/mol. The van der Waals surface area contributed by atoms with Gasteiger partial charge in [-0.05, 0) is 36.5 Å². The molecule has 0 atom stereocenters. The highest BCUT2D eigenvalue weighted by molar-refractivity contribution is 6.34. The monoisotopic (exact) mass is 376 g/mol. The van der Waals surface area contributed by atoms with E-state index in [2.05, 4.69) is 10.6 Å². The minimum atomic E-state index is -0.509. The van der Waals surface area contributed by atoms with Crippen molar-refractivity contribution in [3.8, 4) is 0 Å². The molecule has 8 heteroatoms. The number of imide groups is 1. The Labute approximate surface area is 156 Å². The summed E-state index contributed by atoms with van der Waals surface area (Å²) in [4.78, 5) is 39.6. The van der Waals surface area contributed by atoms with Crippen molar-refractivity contribution in [3.05, 3.63) is 28.8 Å². The Bertz CT molecular complexity index is 768. The maximum atomic E-state index is 12.9. The lowest BCUT2D eigenvalue weighted by atomic mass is 9.73. The summed E-state index contributed by atoms with van der Waals surface area (Å²) in [6.07, 6.45) is 2.24. The van der Waals surface area contributed by atoms with Crippen molar-refractivity contribution < 1.29 is 14.4 Å². The minimum absolute atomic E-state index is 0.0430. The SMILES string of the molecule is O=C1CCN(c2cc(C(=O)N3CCC4(CC3)CNC4)ccc2Cl)C(=O)N1. The standard InChI is InChI=1S/C18H21ClN4O3/c19-13-2-1-12(9-14(13)23-6-3-15(24)21-17(23)26)16(25)22-7-4-18(5-8-22)10-20-11-18/h1-2,9,20H,3-8,10-11H2,(H,21,24,26). The first-order chi connectivity index (χ1) is 12.5. The quantitative estimate of drug-likeness (QED) is 0.821. The second-order valence-electron chi connectivity index (χ2n) is 7.32. The number of urea groups is 1. The molecule has 7 nitrogen and oxygen atoms in total. The van der Waals surface area contributed by atoms with Crippen molar-refractivity contribution in [2.24, 2.45) is 5.41 Å². The number of amides is 4. The number of likely N-dealkylation sites (tertiary alicyclic amines) is 1. The number of piperidine rings is 1. The van der Waals surface area contributed by atoms with Gasteiger partial charge in [0.25, 0.3) is 5.91 Å². The van der Waals surface area contributed by atoms with Crippen LogP contribution >= 0.6 is 11.6 Å². The van der Waals surface area contributed by atoms with Crippen LogP contribution in [0.4, 0.5) is 10.5 Å². The van der Waals surface area contributed by atoms with Crippen LogP contribution in [0.3, 0.4) is 0 Å². The van der Waals surface area contributed by atoms with E-state index in [-0.39, 0.29) is 24.8 Å². The van der Waals surface area contributed by atoms with E-state index in [4.69, 9.17) is 11.6 Å². The van der Waals surface area contributed by atoms with Crippen molar-refractivity contribution in [2.75, 3.05) is 37.6 Å². The molecule has 1 spiro atoms. The Balaban J connectivity index is 1.51. The molecule has 138 valence electrons. The third-order valence-electron chi connectivity index (χ3n) is 5.65. The van der Waals surface area contributed by atoms with Gasteiger partial charge in [-0.25, -0.2) is 4.79 Å². The topological polar surface area (TPSA) is 81.8 Å². The largest absolute Gasteiger partial charge is 0.339 e. The van der Waals surface area contributed by atoms with Crippen molar-refractivity contribution in [1.82, 2.24) is 15.5 Å². The maximum absolute atomic E-state index is 12.9. The van der Waals surface area contributed by atoms with Gasteiger partial charge in [0.1, 0.15) is 0 Å². The van der Waals surface area contributed by atoms with Crippen LogP contribution < -0.4 is 15.5 Å². The molecule has 2 N–H and O–H groups in total. The molecule has 1 aromatic rings. The number of nitrogens with one attached hydrogen (secondary N) is 2. The van der Waals surface area contributed by atoms with E-state index in [0.717, 1.165) is 39.0 Å². The Kier molecular flexibility index (Phi) is 4.36. The summed E-state index contributed by atoms with van der Waals surface area (Å²) < 4.78 is 0. The summed E-state index contributed by atoms with van der Waals surface area (Å²) in [5, 5.41) is 5.98. The lowest BCUT2D eigenvalue weighted by molar-refractivity contribution is -0.120. The van der Waals surface area contributed by atoms with Crippen LogP contribution in [0, 0.1) is 5.41 Å². The van der Waals surface area contributed by atoms with Gasteiger partial charge in [-0.2, -0.15) is 0 Å². The fraction of sp³-hybridized carbons (Fsp3) is 0.500. The lowest BCUT2D eigenvalue weighted by Gasteiger charge is -2.48. The van der Waals surface area contributed by atoms with Gasteiger partial charge < -0.3 is 10.2 Å². The molecular formula is C18H21ClN4O3. The van der Waals surface area contributed by atoms with Crippen molar-refractivity contribution >= 4 is 35.1 Å². The van der Waals surface area contributed by atoms with Crippen LogP contribution in [0.5, 0.6) is 0 Å². The van der Waals surface area contributed by atoms with E-state index in [1.54, 1.807) is 18.2 Å². The fourth-order valence-electron chi connectivity index (χ4n) is 3.85. The molecule has 3 aliphatic heterocycles. The maximum Gasteiger partial charge on any atom is 0.328 e. The first kappa shape index (κ1) is 17.3. The highest BCUT2D eigenvalue weighted by Gasteiger charge is 2.40. The molecule has 3 heterocycles. The number of nitrogens with zero attached hydrogens (tertiary/aromatic N) is 2. The normalized spacial score (nSPS) is 22.2. The number of hydrogen-bond acceptors (Lipinski definition) is 4. The van der Waals surface area contributed by atoms with Gasteiger partial charge in [0, 0.05) is 44.7 Å². The first-order valence-corrected chi connectivity index (χ1v) is 9.26. The number of anilines is 1. The molecule has 4 rings (SSSR count). The van der Waals surface area contributed by atoms with E-state index in [0.29, 0.717) is 21.7 Å². The molecule has 3 fully saturated rings. The van der Waals surface area contributed by atoms with Gasteiger partial charge in [0.05, 0.1) is 10.7 Å². The average Bonchev–Trinajstić information content (AvgIpc) is 2.61. The van der Waals surface area contributed by atoms with Crippen LogP contribution in [0.25, 0.3) is 0 Å². The summed E-state index contributed by atoms with van der Waals surface area (Å²) in [5.74, 6) is -0.346. The molecule has 0 bridgehead atoms. The van der Waals surface area contributed by atoms with E-state index in [1.165, 1.54) is 4.90 Å². The first-order valence-electron chi connectivity index (χ1n) is 8.88. The van der Waals surface area contributed by atoms with Gasteiger partial charge in [0.2, 0.25) is 5.91 Å². The summed E-state index contributed by atoms with van der Waals surface area (Å²) in [6.45, 7) is 3.83. The molecule has 0 aliphatic carbocycles. The summed E-state index contributed by atoms with van der Waals surface area (Å²) >= 11 is 6.25. The number of hydrogen-bond donors (Lipinski definition) is 2. The van der Waals surface area contributed by atoms with Crippen LogP contribution in [0.1, 0.15) is 29.6 Å². The van der Waals surface area contributed by atoms with Crippen molar-refractivity contribution in [1.29, 1.82) is 0 Å². The smallest absolute Gasteiger partial charge is 0.328 e. The molecule has 0 aromatic heterocycles. The summed E-state index contributed by atoms with van der Waals surface area (Å²) in [6, 6.07) is 4.46. The van der Waals surface area contributed by atoms with E-state index in [1.807, 2.05) is 4.90 Å². The highest BCUT2D eigenvalue weighted by atomic mass is 35.5. The molecule has 26 heavy (non-hydrogen) atoms. The Hall–Kier alpha value is -2.12. The Morgan fingerprint density at radius 1 is 1.12 bits per heavy atom. The summed E-state index contributed by atoms with van der Waals surface area (Å²) in [7, 11) is 0. The molecule has 0 radical (unpaired) electrons. The van der Waals surface area contributed by atoms with Gasteiger partial charge >= 0.3 is 6.03 Å². The van der Waals surface area contributed by atoms with Crippen LogP contribution in [-0.2, 0) is 4.79 Å². The van der Waals surface area contributed by atoms with Gasteiger partial charge in [-0.15, -0.1) is 0 Å². The molecule has 4 amide bonds. The molecule has 0 unspecified atom stereocenters. The average molecular weight is 377 g/mol. The van der Waals surface area contributed by atoms with E-state index < -0.39 is 6.03 Å². The molecule has 1 aromatic carbocycles. The van der Waals surface area contributed by atoms with Crippen LogP contribution in [0.15, 0.2) is 18.2 Å². The summed E-state index contributed by atoms with van der Waals surface area (Å²) in [5.41, 5.74) is 1.34. The van der Waals surface area contributed by atoms with Crippen LogP contribution in [0.2, 0.25) is 5.02 Å². The zero-order valence-electron chi connectivity index (χ0n) is 14.4. The third kappa shape index (κ3) is 3.05. The van der Waals surface area contributed by atoms with E-state index in [9.17, 15) is 14.4 Å². The third-order valence-corrected chi connectivity index (χ3v) is 5.97. The second kappa shape index (κ2) is 6.55. The molecule has 3 aliphatic rings. The number of benzene rings is 1. The van der Waals surface area contributed by atoms with Crippen molar-refractivity contribution in [2.45, 2.75) is 19.3 Å². The number of halogens is 1. The molecule has 3 saturated heterocycles. The highest BCUT2D eigenvalue weighted by Crippen LogP contribution is 2.36. The number of rotatable bonds is 2. The predicted octanol–water partition coefficient (Wildman–Crippen LogP) is 1.61. The van der Waals surface area contributed by atoms with E-state index >= 15 is 0 Å². The number of carbonyl (C=O) groups excluding carboxylic acids is 3. The van der Waals surface area contributed by atoms with Crippen molar-refractivity contribution in [3.63, 3.8) is 0 Å². The zero-order chi connectivity index (χ0) is 18.3. The Morgan fingerprint density at radius 2 is 1.85 bits per heavy atom. The van der Waals surface area contributed by atoms with Gasteiger partial charge in [-0.1, -0.05) is 11.6 Å².